The fraction of sp³-hybridized carbons (Fsp3) is 0.471. The Balaban J connectivity index is 1.53. The maximum Gasteiger partial charge on any atom is 0.240 e. The molecule has 0 N–H and O–H groups in total. The maximum absolute atomic E-state index is 12.4. The molecule has 1 aromatic carbocycles. The third-order valence-electron chi connectivity index (χ3n) is 4.20. The van der Waals surface area contributed by atoms with Gasteiger partial charge < -0.3 is 4.52 Å². The van der Waals surface area contributed by atoms with E-state index in [1.807, 2.05) is 37.3 Å². The third-order valence-corrected chi connectivity index (χ3v) is 4.20. The Labute approximate surface area is 130 Å². The van der Waals surface area contributed by atoms with Crippen molar-refractivity contribution in [1.82, 2.24) is 15.0 Å². The highest BCUT2D eigenvalue weighted by atomic mass is 16.5. The number of likely N-dealkylation sites (tertiary alicyclic amines) is 1. The Hall–Kier alpha value is -2.01. The molecule has 2 heterocycles. The number of rotatable bonds is 5. The minimum Gasteiger partial charge on any atom is -0.338 e. The largest absolute Gasteiger partial charge is 0.338 e. The molecule has 1 aliphatic heterocycles. The van der Waals surface area contributed by atoms with Gasteiger partial charge in [-0.2, -0.15) is 4.98 Å². The molecular weight excluding hydrogens is 278 g/mol. The average Bonchev–Trinajstić information content (AvgIpc) is 3.03. The van der Waals surface area contributed by atoms with Gasteiger partial charge in [0.25, 0.3) is 0 Å². The van der Waals surface area contributed by atoms with Crippen molar-refractivity contribution in [2.75, 3.05) is 13.1 Å². The Morgan fingerprint density at radius 3 is 2.64 bits per heavy atom. The van der Waals surface area contributed by atoms with Gasteiger partial charge in [-0.3, -0.25) is 9.69 Å². The molecule has 2 aromatic rings. The van der Waals surface area contributed by atoms with E-state index in [4.69, 9.17) is 4.52 Å². The number of nitrogens with zero attached hydrogens (tertiary/aromatic N) is 3. The van der Waals surface area contributed by atoms with E-state index >= 15 is 0 Å². The molecule has 3 rings (SSSR count). The fourth-order valence-electron chi connectivity index (χ4n) is 2.88. The second-order valence-electron chi connectivity index (χ2n) is 5.74. The van der Waals surface area contributed by atoms with Crippen LogP contribution in [0.15, 0.2) is 34.9 Å². The topological polar surface area (TPSA) is 59.2 Å². The average molecular weight is 299 g/mol. The summed E-state index contributed by atoms with van der Waals surface area (Å²) in [4.78, 5) is 19.1. The Bertz CT molecular complexity index is 616. The van der Waals surface area contributed by atoms with Crippen molar-refractivity contribution >= 4 is 5.78 Å². The van der Waals surface area contributed by atoms with E-state index in [0.717, 1.165) is 43.7 Å². The molecule has 22 heavy (non-hydrogen) atoms. The van der Waals surface area contributed by atoms with Gasteiger partial charge >= 0.3 is 0 Å². The number of ketones is 1. The molecule has 116 valence electrons. The molecule has 0 spiro atoms. The van der Waals surface area contributed by atoms with Crippen molar-refractivity contribution in [1.29, 1.82) is 0 Å². The Morgan fingerprint density at radius 1 is 1.27 bits per heavy atom. The minimum atomic E-state index is 0.132. The van der Waals surface area contributed by atoms with Crippen LogP contribution in [0.1, 0.15) is 41.8 Å². The molecule has 1 fully saturated rings. The summed E-state index contributed by atoms with van der Waals surface area (Å²) in [6.07, 6.45) is 2.57. The van der Waals surface area contributed by atoms with Gasteiger partial charge in [-0.1, -0.05) is 42.4 Å². The fourth-order valence-corrected chi connectivity index (χ4v) is 2.88. The number of aryl methyl sites for hydroxylation is 1. The van der Waals surface area contributed by atoms with Crippen molar-refractivity contribution in [2.24, 2.45) is 5.92 Å². The molecule has 0 atom stereocenters. The van der Waals surface area contributed by atoms with Gasteiger partial charge in [-0.05, 0) is 25.9 Å². The zero-order valence-corrected chi connectivity index (χ0v) is 12.9. The normalized spacial score (nSPS) is 16.8. The molecule has 5 heteroatoms. The van der Waals surface area contributed by atoms with Crippen LogP contribution in [-0.2, 0) is 13.0 Å². The van der Waals surface area contributed by atoms with Gasteiger partial charge in [0.1, 0.15) is 0 Å². The number of Topliss-reactive ketones (excluding diaryl/α,β-unsaturated/α-hetero) is 1. The van der Waals surface area contributed by atoms with Crippen LogP contribution >= 0.6 is 0 Å². The van der Waals surface area contributed by atoms with Gasteiger partial charge in [0.05, 0.1) is 6.54 Å². The predicted molar refractivity (Wildman–Crippen MR) is 82.4 cm³/mol. The van der Waals surface area contributed by atoms with Crippen LogP contribution in [0.3, 0.4) is 0 Å². The summed E-state index contributed by atoms with van der Waals surface area (Å²) >= 11 is 0. The zero-order valence-electron chi connectivity index (χ0n) is 12.9. The van der Waals surface area contributed by atoms with Gasteiger partial charge in [-0.25, -0.2) is 0 Å². The monoisotopic (exact) mass is 299 g/mol. The molecule has 0 saturated carbocycles. The molecule has 0 amide bonds. The second-order valence-corrected chi connectivity index (χ2v) is 5.74. The van der Waals surface area contributed by atoms with Gasteiger partial charge in [0, 0.05) is 17.9 Å². The lowest BCUT2D eigenvalue weighted by Crippen LogP contribution is -2.36. The van der Waals surface area contributed by atoms with Crippen molar-refractivity contribution in [3.63, 3.8) is 0 Å². The molecule has 0 unspecified atom stereocenters. The van der Waals surface area contributed by atoms with Crippen LogP contribution in [0.25, 0.3) is 0 Å². The number of hydrogen-bond acceptors (Lipinski definition) is 5. The summed E-state index contributed by atoms with van der Waals surface area (Å²) < 4.78 is 5.23. The number of benzene rings is 1. The lowest BCUT2D eigenvalue weighted by Gasteiger charge is -2.30. The first-order valence-electron chi connectivity index (χ1n) is 7.89. The smallest absolute Gasteiger partial charge is 0.240 e. The van der Waals surface area contributed by atoms with Crippen LogP contribution in [0.4, 0.5) is 0 Å². The first-order valence-corrected chi connectivity index (χ1v) is 7.89. The molecule has 0 aliphatic carbocycles. The molecule has 0 bridgehead atoms. The quantitative estimate of drug-likeness (QED) is 0.794. The summed E-state index contributed by atoms with van der Waals surface area (Å²) in [6.45, 7) is 4.48. The first kappa shape index (κ1) is 14.9. The number of carbonyl (C=O) groups excluding carboxylic acids is 1. The van der Waals surface area contributed by atoms with Crippen molar-refractivity contribution < 1.29 is 9.32 Å². The van der Waals surface area contributed by atoms with E-state index in [-0.39, 0.29) is 11.7 Å². The van der Waals surface area contributed by atoms with E-state index in [9.17, 15) is 4.79 Å². The highest BCUT2D eigenvalue weighted by Gasteiger charge is 2.26. The zero-order chi connectivity index (χ0) is 15.4. The molecule has 1 aliphatic rings. The number of piperidine rings is 1. The van der Waals surface area contributed by atoms with E-state index in [1.165, 1.54) is 0 Å². The van der Waals surface area contributed by atoms with Crippen molar-refractivity contribution in [2.45, 2.75) is 32.7 Å². The Kier molecular flexibility index (Phi) is 4.63. The standard InChI is InChI=1S/C17H21N3O2/c1-2-15-18-16(22-19-15)12-20-10-8-14(9-11-20)17(21)13-6-4-3-5-7-13/h3-7,14H,2,8-12H2,1H3. The molecule has 1 saturated heterocycles. The highest BCUT2D eigenvalue weighted by molar-refractivity contribution is 5.97. The van der Waals surface area contributed by atoms with Crippen molar-refractivity contribution in [3.05, 3.63) is 47.6 Å². The van der Waals surface area contributed by atoms with E-state index < -0.39 is 0 Å². The van der Waals surface area contributed by atoms with E-state index in [1.54, 1.807) is 0 Å². The first-order chi connectivity index (χ1) is 10.8. The van der Waals surface area contributed by atoms with Gasteiger partial charge in [-0.15, -0.1) is 0 Å². The van der Waals surface area contributed by atoms with E-state index in [2.05, 4.69) is 15.0 Å². The van der Waals surface area contributed by atoms with Crippen LogP contribution < -0.4 is 0 Å². The lowest BCUT2D eigenvalue weighted by molar-refractivity contribution is 0.0825. The summed E-state index contributed by atoms with van der Waals surface area (Å²) in [5.74, 6) is 1.83. The SMILES string of the molecule is CCc1noc(CN2CCC(C(=O)c3ccccc3)CC2)n1. The van der Waals surface area contributed by atoms with Crippen LogP contribution in [0.2, 0.25) is 0 Å². The minimum absolute atomic E-state index is 0.132. The van der Waals surface area contributed by atoms with E-state index in [0.29, 0.717) is 12.4 Å². The maximum atomic E-state index is 12.4. The highest BCUT2D eigenvalue weighted by Crippen LogP contribution is 2.22. The predicted octanol–water partition coefficient (Wildman–Crippen LogP) is 2.73. The Morgan fingerprint density at radius 2 is 2.00 bits per heavy atom. The lowest BCUT2D eigenvalue weighted by atomic mass is 9.89. The number of hydrogen-bond donors (Lipinski definition) is 0. The number of carbonyl (C=O) groups is 1. The van der Waals surface area contributed by atoms with Crippen LogP contribution in [0, 0.1) is 5.92 Å². The molecule has 1 aromatic heterocycles. The molecule has 0 radical (unpaired) electrons. The summed E-state index contributed by atoms with van der Waals surface area (Å²) in [7, 11) is 0. The summed E-state index contributed by atoms with van der Waals surface area (Å²) in [5, 5.41) is 3.92. The van der Waals surface area contributed by atoms with Crippen LogP contribution in [-0.4, -0.2) is 33.9 Å². The van der Waals surface area contributed by atoms with Gasteiger partial charge in [0.15, 0.2) is 11.6 Å². The van der Waals surface area contributed by atoms with Gasteiger partial charge in [0.2, 0.25) is 5.89 Å². The van der Waals surface area contributed by atoms with Crippen LogP contribution in [0.5, 0.6) is 0 Å². The summed E-state index contributed by atoms with van der Waals surface area (Å²) in [6, 6.07) is 9.58. The second kappa shape index (κ2) is 6.83. The third kappa shape index (κ3) is 3.42. The van der Waals surface area contributed by atoms with Crippen molar-refractivity contribution in [3.8, 4) is 0 Å². The molecule has 5 nitrogen and oxygen atoms in total. The number of aromatic nitrogens is 2. The molecular formula is C17H21N3O2. The summed E-state index contributed by atoms with van der Waals surface area (Å²) in [5.41, 5.74) is 0.824.